The summed E-state index contributed by atoms with van der Waals surface area (Å²) in [5, 5.41) is 10.1. The summed E-state index contributed by atoms with van der Waals surface area (Å²) in [5.41, 5.74) is 0.546. The normalized spacial score (nSPS) is 34.7. The Kier molecular flexibility index (Phi) is 2.67. The van der Waals surface area contributed by atoms with Gasteiger partial charge in [0.1, 0.15) is 11.5 Å². The second kappa shape index (κ2) is 4.09. The van der Waals surface area contributed by atoms with Crippen molar-refractivity contribution in [3.8, 4) is 5.75 Å². The van der Waals surface area contributed by atoms with Gasteiger partial charge in [-0.05, 0) is 37.0 Å². The first-order valence-electron chi connectivity index (χ1n) is 6.54. The number of hydrogen-bond donors (Lipinski definition) is 1. The van der Waals surface area contributed by atoms with E-state index in [2.05, 4.69) is 0 Å². The third kappa shape index (κ3) is 1.50. The van der Waals surface area contributed by atoms with E-state index in [1.807, 2.05) is 24.3 Å². The number of aliphatic hydroxyl groups excluding tert-OH is 1. The van der Waals surface area contributed by atoms with Gasteiger partial charge < -0.3 is 9.84 Å². The molecule has 0 aliphatic heterocycles. The number of ketones is 1. The Bertz CT molecular complexity index is 482. The van der Waals surface area contributed by atoms with Crippen molar-refractivity contribution in [2.24, 2.45) is 5.92 Å². The number of aliphatic hydroxyl groups is 1. The van der Waals surface area contributed by atoms with Crippen LogP contribution in [-0.2, 0) is 10.2 Å². The molecule has 18 heavy (non-hydrogen) atoms. The van der Waals surface area contributed by atoms with Crippen LogP contribution in [0.5, 0.6) is 5.75 Å². The molecule has 2 fully saturated rings. The number of ether oxygens (including phenoxy) is 1. The number of methoxy groups -OCH3 is 1. The molecular weight excluding hydrogens is 228 g/mol. The van der Waals surface area contributed by atoms with E-state index >= 15 is 0 Å². The topological polar surface area (TPSA) is 46.5 Å². The molecular formula is C15H18O3. The smallest absolute Gasteiger partial charge is 0.149 e. The lowest BCUT2D eigenvalue weighted by Crippen LogP contribution is -2.36. The molecule has 3 heteroatoms. The number of Topliss-reactive ketones (excluding diaryl/α,β-unsaturated/α-hetero) is 1. The van der Waals surface area contributed by atoms with Crippen LogP contribution in [0.15, 0.2) is 24.3 Å². The predicted molar refractivity (Wildman–Crippen MR) is 67.6 cm³/mol. The maximum Gasteiger partial charge on any atom is 0.149 e. The van der Waals surface area contributed by atoms with E-state index in [1.54, 1.807) is 7.11 Å². The van der Waals surface area contributed by atoms with Crippen LogP contribution in [0.25, 0.3) is 0 Å². The van der Waals surface area contributed by atoms with Gasteiger partial charge >= 0.3 is 0 Å². The van der Waals surface area contributed by atoms with Crippen molar-refractivity contribution in [1.29, 1.82) is 0 Å². The zero-order valence-electron chi connectivity index (χ0n) is 10.6. The molecule has 0 aromatic heterocycles. The molecule has 0 radical (unpaired) electrons. The Balaban J connectivity index is 2.06. The molecule has 1 N–H and O–H groups in total. The summed E-state index contributed by atoms with van der Waals surface area (Å²) in [5.74, 6) is 0.859. The second-order valence-corrected chi connectivity index (χ2v) is 5.45. The summed E-state index contributed by atoms with van der Waals surface area (Å²) in [4.78, 5) is 12.5. The highest BCUT2D eigenvalue weighted by molar-refractivity contribution is 5.95. The fraction of sp³-hybridized carbons (Fsp3) is 0.533. The molecule has 3 rings (SSSR count). The maximum atomic E-state index is 12.5. The number of benzene rings is 1. The molecule has 2 aliphatic carbocycles. The highest BCUT2D eigenvalue weighted by Gasteiger charge is 2.55. The van der Waals surface area contributed by atoms with E-state index in [1.165, 1.54) is 0 Å². The van der Waals surface area contributed by atoms with Gasteiger partial charge in [0.15, 0.2) is 0 Å². The standard InChI is InChI=1S/C15H18O3/c1-18-11-5-2-4-10(8-11)15-7-3-6-12(14(15)17)13(16)9-15/h2,4-5,8,12-13,16H,3,6-7,9H2,1H3/t12-,13-,15+/m1/s1. The number of hydrogen-bond acceptors (Lipinski definition) is 3. The summed E-state index contributed by atoms with van der Waals surface area (Å²) in [6.07, 6.45) is 2.82. The molecule has 0 heterocycles. The third-order valence-corrected chi connectivity index (χ3v) is 4.57. The number of rotatable bonds is 2. The number of carbonyl (C=O) groups is 1. The molecule has 3 nitrogen and oxygen atoms in total. The van der Waals surface area contributed by atoms with E-state index in [0.29, 0.717) is 6.42 Å². The predicted octanol–water partition coefficient (Wildman–Crippen LogP) is 2.07. The molecule has 1 aromatic carbocycles. The van der Waals surface area contributed by atoms with E-state index in [-0.39, 0.29) is 11.7 Å². The van der Waals surface area contributed by atoms with Crippen molar-refractivity contribution in [2.75, 3.05) is 7.11 Å². The molecule has 0 saturated heterocycles. The van der Waals surface area contributed by atoms with Gasteiger partial charge in [-0.3, -0.25) is 4.79 Å². The number of carbonyl (C=O) groups excluding carboxylic acids is 1. The molecule has 2 bridgehead atoms. The van der Waals surface area contributed by atoms with Crippen LogP contribution >= 0.6 is 0 Å². The van der Waals surface area contributed by atoms with Crippen LogP contribution < -0.4 is 4.74 Å². The quantitative estimate of drug-likeness (QED) is 0.869. The summed E-state index contributed by atoms with van der Waals surface area (Å²) in [6, 6.07) is 7.74. The SMILES string of the molecule is COc1cccc([C@@]23CCC[C@@H](C2=O)[C@H](O)C3)c1. The first-order valence-corrected chi connectivity index (χ1v) is 6.54. The minimum Gasteiger partial charge on any atom is -0.497 e. The molecule has 96 valence electrons. The van der Waals surface area contributed by atoms with E-state index in [4.69, 9.17) is 4.74 Å². The second-order valence-electron chi connectivity index (χ2n) is 5.45. The van der Waals surface area contributed by atoms with Crippen molar-refractivity contribution in [1.82, 2.24) is 0 Å². The summed E-state index contributed by atoms with van der Waals surface area (Å²) >= 11 is 0. The van der Waals surface area contributed by atoms with Gasteiger partial charge in [-0.25, -0.2) is 0 Å². The van der Waals surface area contributed by atoms with Gasteiger partial charge in [0.05, 0.1) is 18.6 Å². The van der Waals surface area contributed by atoms with Crippen LogP contribution in [0.1, 0.15) is 31.2 Å². The lowest BCUT2D eigenvalue weighted by Gasteiger charge is -2.31. The Morgan fingerprint density at radius 1 is 1.44 bits per heavy atom. The zero-order chi connectivity index (χ0) is 12.8. The first kappa shape index (κ1) is 11.7. The van der Waals surface area contributed by atoms with Gasteiger partial charge in [-0.2, -0.15) is 0 Å². The minimum absolute atomic E-state index is 0.148. The van der Waals surface area contributed by atoms with Crippen LogP contribution in [0.3, 0.4) is 0 Å². The highest BCUT2D eigenvalue weighted by atomic mass is 16.5. The first-order chi connectivity index (χ1) is 8.67. The summed E-state index contributed by atoms with van der Waals surface area (Å²) < 4.78 is 5.24. The maximum absolute atomic E-state index is 12.5. The molecule has 2 aliphatic rings. The largest absolute Gasteiger partial charge is 0.497 e. The Labute approximate surface area is 107 Å². The molecule has 0 unspecified atom stereocenters. The van der Waals surface area contributed by atoms with E-state index < -0.39 is 11.5 Å². The molecule has 2 saturated carbocycles. The van der Waals surface area contributed by atoms with E-state index in [0.717, 1.165) is 30.6 Å². The fourth-order valence-electron chi connectivity index (χ4n) is 3.63. The van der Waals surface area contributed by atoms with Gasteiger partial charge in [0, 0.05) is 5.92 Å². The minimum atomic E-state index is -0.466. The lowest BCUT2D eigenvalue weighted by molar-refractivity contribution is -0.128. The van der Waals surface area contributed by atoms with Crippen molar-refractivity contribution in [3.63, 3.8) is 0 Å². The average molecular weight is 246 g/mol. The van der Waals surface area contributed by atoms with Crippen molar-refractivity contribution < 1.29 is 14.6 Å². The van der Waals surface area contributed by atoms with Gasteiger partial charge in [0.25, 0.3) is 0 Å². The highest BCUT2D eigenvalue weighted by Crippen LogP contribution is 2.50. The van der Waals surface area contributed by atoms with Crippen LogP contribution in [0.2, 0.25) is 0 Å². The van der Waals surface area contributed by atoms with Crippen molar-refractivity contribution >= 4 is 5.78 Å². The Morgan fingerprint density at radius 2 is 2.28 bits per heavy atom. The van der Waals surface area contributed by atoms with E-state index in [9.17, 15) is 9.90 Å². The summed E-state index contributed by atoms with van der Waals surface area (Å²) in [6.45, 7) is 0. The Hall–Kier alpha value is -1.35. The molecule has 0 spiro atoms. The van der Waals surface area contributed by atoms with Gasteiger partial charge in [-0.1, -0.05) is 18.6 Å². The van der Waals surface area contributed by atoms with Crippen LogP contribution in [0, 0.1) is 5.92 Å². The average Bonchev–Trinajstić information content (AvgIpc) is 2.55. The third-order valence-electron chi connectivity index (χ3n) is 4.57. The van der Waals surface area contributed by atoms with Crippen LogP contribution in [0.4, 0.5) is 0 Å². The molecule has 0 amide bonds. The number of fused-ring (bicyclic) bond motifs is 2. The molecule has 1 aromatic rings. The van der Waals surface area contributed by atoms with Crippen LogP contribution in [-0.4, -0.2) is 24.1 Å². The van der Waals surface area contributed by atoms with Gasteiger partial charge in [0.2, 0.25) is 0 Å². The fourth-order valence-corrected chi connectivity index (χ4v) is 3.63. The lowest BCUT2D eigenvalue weighted by atomic mass is 9.70. The monoisotopic (exact) mass is 246 g/mol. The molecule has 3 atom stereocenters. The zero-order valence-corrected chi connectivity index (χ0v) is 10.6. The summed E-state index contributed by atoms with van der Waals surface area (Å²) in [7, 11) is 1.63. The Morgan fingerprint density at radius 3 is 3.06 bits per heavy atom. The van der Waals surface area contributed by atoms with Crippen molar-refractivity contribution in [2.45, 2.75) is 37.2 Å². The van der Waals surface area contributed by atoms with Gasteiger partial charge in [-0.15, -0.1) is 0 Å². The van der Waals surface area contributed by atoms with Crippen molar-refractivity contribution in [3.05, 3.63) is 29.8 Å².